The van der Waals surface area contributed by atoms with E-state index in [-0.39, 0.29) is 29.4 Å². The molecule has 2 aliphatic heterocycles. The van der Waals surface area contributed by atoms with Gasteiger partial charge >= 0.3 is 0 Å². The Hall–Kier alpha value is -2.55. The lowest BCUT2D eigenvalue weighted by Gasteiger charge is -2.43. The van der Waals surface area contributed by atoms with Crippen molar-refractivity contribution in [3.8, 4) is 5.75 Å². The number of ether oxygens (including phenoxy) is 2. The average molecular weight is 401 g/mol. The Kier molecular flexibility index (Phi) is 6.03. The molecule has 0 saturated carbocycles. The highest BCUT2D eigenvalue weighted by Gasteiger charge is 2.38. The predicted molar refractivity (Wildman–Crippen MR) is 103 cm³/mol. The topological polar surface area (TPSA) is 75.1 Å². The van der Waals surface area contributed by atoms with Gasteiger partial charge in [-0.05, 0) is 23.8 Å². The summed E-state index contributed by atoms with van der Waals surface area (Å²) in [5, 5.41) is 10.1. The summed E-state index contributed by atoms with van der Waals surface area (Å²) in [6.45, 7) is 4.39. The molecule has 2 aromatic rings. The van der Waals surface area contributed by atoms with Crippen LogP contribution in [0.1, 0.15) is 22.0 Å². The van der Waals surface area contributed by atoms with E-state index in [0.717, 1.165) is 24.7 Å². The van der Waals surface area contributed by atoms with Gasteiger partial charge in [0, 0.05) is 44.6 Å². The van der Waals surface area contributed by atoms with Crippen LogP contribution in [0, 0.1) is 5.82 Å². The summed E-state index contributed by atoms with van der Waals surface area (Å²) in [5.41, 5.74) is 0.938. The molecule has 2 aliphatic rings. The normalized spacial score (nSPS) is 23.1. The van der Waals surface area contributed by atoms with E-state index in [9.17, 15) is 14.3 Å². The van der Waals surface area contributed by atoms with Gasteiger partial charge in [-0.3, -0.25) is 14.7 Å². The van der Waals surface area contributed by atoms with E-state index in [0.29, 0.717) is 32.9 Å². The fraction of sp³-hybridized carbons (Fsp3) is 0.429. The minimum absolute atomic E-state index is 0.0762. The van der Waals surface area contributed by atoms with Crippen molar-refractivity contribution in [1.29, 1.82) is 0 Å². The molecule has 7 nitrogen and oxygen atoms in total. The molecular formula is C21H24FN3O4. The summed E-state index contributed by atoms with van der Waals surface area (Å²) in [6, 6.07) is 6.84. The summed E-state index contributed by atoms with van der Waals surface area (Å²) >= 11 is 0. The van der Waals surface area contributed by atoms with Crippen LogP contribution in [-0.4, -0.2) is 77.9 Å². The van der Waals surface area contributed by atoms with E-state index in [1.807, 2.05) is 12.1 Å². The molecule has 154 valence electrons. The van der Waals surface area contributed by atoms with Gasteiger partial charge < -0.3 is 19.5 Å². The first kappa shape index (κ1) is 19.8. The van der Waals surface area contributed by atoms with Gasteiger partial charge in [0.15, 0.2) is 0 Å². The molecule has 1 N–H and O–H groups in total. The molecule has 1 amide bonds. The first-order valence-electron chi connectivity index (χ1n) is 9.74. The van der Waals surface area contributed by atoms with E-state index in [1.54, 1.807) is 17.3 Å². The Labute approximate surface area is 168 Å². The number of carbonyl (C=O) groups excluding carboxylic acids is 1. The Morgan fingerprint density at radius 2 is 2.03 bits per heavy atom. The number of nitrogens with zero attached hydrogens (tertiary/aromatic N) is 3. The van der Waals surface area contributed by atoms with Crippen molar-refractivity contribution in [3.63, 3.8) is 0 Å². The third kappa shape index (κ3) is 4.39. The Bertz CT molecular complexity index is 845. The lowest BCUT2D eigenvalue weighted by Crippen LogP contribution is -2.53. The highest BCUT2D eigenvalue weighted by Crippen LogP contribution is 2.33. The van der Waals surface area contributed by atoms with Crippen LogP contribution in [0.4, 0.5) is 4.39 Å². The van der Waals surface area contributed by atoms with Crippen LogP contribution in [0.5, 0.6) is 5.75 Å². The van der Waals surface area contributed by atoms with Crippen molar-refractivity contribution in [1.82, 2.24) is 14.8 Å². The van der Waals surface area contributed by atoms with E-state index in [4.69, 9.17) is 9.47 Å². The first-order valence-corrected chi connectivity index (χ1v) is 9.74. The largest absolute Gasteiger partial charge is 0.507 e. The summed E-state index contributed by atoms with van der Waals surface area (Å²) < 4.78 is 24.9. The number of halogens is 1. The van der Waals surface area contributed by atoms with Crippen molar-refractivity contribution < 1.29 is 23.8 Å². The SMILES string of the molecule is O=C(c1ccc(F)cc1O)N1CCO[C@@H](CN2CCOCC2)[C@@H]1c1cccnc1. The maximum atomic E-state index is 13.4. The summed E-state index contributed by atoms with van der Waals surface area (Å²) in [6.07, 6.45) is 3.16. The quantitative estimate of drug-likeness (QED) is 0.843. The van der Waals surface area contributed by atoms with E-state index < -0.39 is 5.82 Å². The monoisotopic (exact) mass is 401 g/mol. The number of hydrogen-bond acceptors (Lipinski definition) is 6. The number of amides is 1. The third-order valence-electron chi connectivity index (χ3n) is 5.37. The Morgan fingerprint density at radius 1 is 1.21 bits per heavy atom. The number of hydrogen-bond donors (Lipinski definition) is 1. The number of phenolic OH excluding ortho intramolecular Hbond substituents is 1. The number of benzene rings is 1. The van der Waals surface area contributed by atoms with Crippen molar-refractivity contribution in [2.24, 2.45) is 0 Å². The number of carbonyl (C=O) groups is 1. The molecule has 2 atom stereocenters. The molecule has 0 unspecified atom stereocenters. The number of aromatic hydroxyl groups is 1. The fourth-order valence-electron chi connectivity index (χ4n) is 3.94. The second kappa shape index (κ2) is 8.86. The molecule has 29 heavy (non-hydrogen) atoms. The Balaban J connectivity index is 1.64. The smallest absolute Gasteiger partial charge is 0.258 e. The van der Waals surface area contributed by atoms with E-state index >= 15 is 0 Å². The summed E-state index contributed by atoms with van der Waals surface area (Å²) in [4.78, 5) is 21.5. The highest BCUT2D eigenvalue weighted by atomic mass is 19.1. The molecule has 4 rings (SSSR count). The highest BCUT2D eigenvalue weighted by molar-refractivity contribution is 5.97. The minimum atomic E-state index is -0.588. The van der Waals surface area contributed by atoms with Gasteiger partial charge in [-0.15, -0.1) is 0 Å². The van der Waals surface area contributed by atoms with Gasteiger partial charge in [0.2, 0.25) is 0 Å². The molecule has 1 aromatic heterocycles. The lowest BCUT2D eigenvalue weighted by atomic mass is 9.97. The van der Waals surface area contributed by atoms with Crippen LogP contribution in [0.2, 0.25) is 0 Å². The van der Waals surface area contributed by atoms with E-state index in [2.05, 4.69) is 9.88 Å². The van der Waals surface area contributed by atoms with Gasteiger partial charge in [-0.25, -0.2) is 4.39 Å². The number of phenols is 1. The zero-order chi connectivity index (χ0) is 20.2. The van der Waals surface area contributed by atoms with Gasteiger partial charge in [0.1, 0.15) is 11.6 Å². The molecular weight excluding hydrogens is 377 g/mol. The second-order valence-corrected chi connectivity index (χ2v) is 7.21. The number of morpholine rings is 2. The minimum Gasteiger partial charge on any atom is -0.507 e. The standard InChI is InChI=1S/C21H24FN3O4/c22-16-3-4-17(18(26)12-16)21(27)25-8-11-29-19(14-24-6-9-28-10-7-24)20(25)15-2-1-5-23-13-15/h1-5,12-13,19-20,26H,6-11,14H2/t19-,20-/m0/s1. The van der Waals surface area contributed by atoms with Gasteiger partial charge in [-0.2, -0.15) is 0 Å². The predicted octanol–water partition coefficient (Wildman–Crippen LogP) is 1.84. The summed E-state index contributed by atoms with van der Waals surface area (Å²) in [5.74, 6) is -1.31. The molecule has 0 bridgehead atoms. The van der Waals surface area contributed by atoms with Crippen LogP contribution in [0.3, 0.4) is 0 Å². The molecule has 0 aliphatic carbocycles. The summed E-state index contributed by atoms with van der Waals surface area (Å²) in [7, 11) is 0. The van der Waals surface area contributed by atoms with Crippen LogP contribution >= 0.6 is 0 Å². The van der Waals surface area contributed by atoms with Crippen LogP contribution in [0.25, 0.3) is 0 Å². The zero-order valence-corrected chi connectivity index (χ0v) is 16.0. The van der Waals surface area contributed by atoms with Gasteiger partial charge in [-0.1, -0.05) is 6.07 Å². The number of aromatic nitrogens is 1. The lowest BCUT2D eigenvalue weighted by molar-refractivity contribution is -0.0820. The van der Waals surface area contributed by atoms with Crippen LogP contribution < -0.4 is 0 Å². The van der Waals surface area contributed by atoms with Crippen molar-refractivity contribution in [3.05, 3.63) is 59.7 Å². The first-order chi connectivity index (χ1) is 14.1. The molecule has 2 saturated heterocycles. The molecule has 0 spiro atoms. The van der Waals surface area contributed by atoms with Crippen LogP contribution in [0.15, 0.2) is 42.7 Å². The second-order valence-electron chi connectivity index (χ2n) is 7.21. The maximum absolute atomic E-state index is 13.4. The third-order valence-corrected chi connectivity index (χ3v) is 5.37. The Morgan fingerprint density at radius 3 is 2.76 bits per heavy atom. The van der Waals surface area contributed by atoms with Crippen molar-refractivity contribution in [2.45, 2.75) is 12.1 Å². The van der Waals surface area contributed by atoms with E-state index in [1.165, 1.54) is 12.1 Å². The maximum Gasteiger partial charge on any atom is 0.258 e. The van der Waals surface area contributed by atoms with Gasteiger partial charge in [0.05, 0.1) is 37.5 Å². The fourth-order valence-corrected chi connectivity index (χ4v) is 3.94. The molecule has 3 heterocycles. The van der Waals surface area contributed by atoms with Crippen molar-refractivity contribution in [2.75, 3.05) is 46.0 Å². The molecule has 2 fully saturated rings. The molecule has 1 aromatic carbocycles. The zero-order valence-electron chi connectivity index (χ0n) is 16.0. The molecule has 0 radical (unpaired) electrons. The average Bonchev–Trinajstić information content (AvgIpc) is 2.74. The van der Waals surface area contributed by atoms with Crippen LogP contribution in [-0.2, 0) is 9.47 Å². The van der Waals surface area contributed by atoms with Crippen molar-refractivity contribution >= 4 is 5.91 Å². The van der Waals surface area contributed by atoms with Gasteiger partial charge in [0.25, 0.3) is 5.91 Å². The number of rotatable bonds is 4. The molecule has 8 heteroatoms. The number of pyridine rings is 1.